The van der Waals surface area contributed by atoms with Crippen molar-refractivity contribution in [3.8, 4) is 5.88 Å². The van der Waals surface area contributed by atoms with Crippen LogP contribution in [0.1, 0.15) is 33.1 Å². The van der Waals surface area contributed by atoms with Crippen LogP contribution in [0, 0.1) is 0 Å². The SMILES string of the molecule is CC(C)Oc1ncccc1NC1CCCOCC1. The van der Waals surface area contributed by atoms with Gasteiger partial charge in [0.15, 0.2) is 0 Å². The Bertz CT molecular complexity index is 361. The molecule has 2 heterocycles. The van der Waals surface area contributed by atoms with E-state index in [0.29, 0.717) is 11.9 Å². The first-order chi connectivity index (χ1) is 8.75. The van der Waals surface area contributed by atoms with Crippen LogP contribution >= 0.6 is 0 Å². The molecule has 1 unspecified atom stereocenters. The Kier molecular flexibility index (Phi) is 4.81. The van der Waals surface area contributed by atoms with Crippen LogP contribution < -0.4 is 10.1 Å². The first-order valence-electron chi connectivity index (χ1n) is 6.71. The summed E-state index contributed by atoms with van der Waals surface area (Å²) in [5, 5.41) is 3.53. The molecule has 0 spiro atoms. The zero-order valence-corrected chi connectivity index (χ0v) is 11.2. The molecular formula is C14H22N2O2. The topological polar surface area (TPSA) is 43.4 Å². The van der Waals surface area contributed by atoms with Crippen molar-refractivity contribution < 1.29 is 9.47 Å². The van der Waals surface area contributed by atoms with E-state index in [1.807, 2.05) is 26.0 Å². The molecule has 0 saturated carbocycles. The molecule has 0 amide bonds. The molecule has 2 rings (SSSR count). The second-order valence-corrected chi connectivity index (χ2v) is 4.91. The van der Waals surface area contributed by atoms with Gasteiger partial charge in [0, 0.05) is 25.5 Å². The molecule has 1 aromatic heterocycles. The number of aromatic nitrogens is 1. The lowest BCUT2D eigenvalue weighted by molar-refractivity contribution is 0.144. The fourth-order valence-electron chi connectivity index (χ4n) is 2.09. The third kappa shape index (κ3) is 3.88. The van der Waals surface area contributed by atoms with E-state index in [2.05, 4.69) is 10.3 Å². The van der Waals surface area contributed by atoms with Gasteiger partial charge in [-0.3, -0.25) is 0 Å². The molecule has 0 aromatic carbocycles. The van der Waals surface area contributed by atoms with Gasteiger partial charge in [-0.25, -0.2) is 4.98 Å². The molecule has 1 aliphatic heterocycles. The van der Waals surface area contributed by atoms with Gasteiger partial charge in [0.25, 0.3) is 0 Å². The summed E-state index contributed by atoms with van der Waals surface area (Å²) in [5.41, 5.74) is 0.984. The van der Waals surface area contributed by atoms with Crippen molar-refractivity contribution in [2.75, 3.05) is 18.5 Å². The van der Waals surface area contributed by atoms with Crippen LogP contribution in [0.2, 0.25) is 0 Å². The molecule has 1 saturated heterocycles. The average Bonchev–Trinajstić information content (AvgIpc) is 2.60. The molecule has 0 radical (unpaired) electrons. The highest BCUT2D eigenvalue weighted by Gasteiger charge is 2.15. The second-order valence-electron chi connectivity index (χ2n) is 4.91. The average molecular weight is 250 g/mol. The molecule has 18 heavy (non-hydrogen) atoms. The smallest absolute Gasteiger partial charge is 0.237 e. The molecule has 1 N–H and O–H groups in total. The number of rotatable bonds is 4. The third-order valence-electron chi connectivity index (χ3n) is 2.93. The predicted octanol–water partition coefficient (Wildman–Crippen LogP) is 2.85. The highest BCUT2D eigenvalue weighted by molar-refractivity contribution is 5.52. The number of nitrogens with one attached hydrogen (secondary N) is 1. The van der Waals surface area contributed by atoms with Crippen LogP contribution in [0.5, 0.6) is 5.88 Å². The minimum absolute atomic E-state index is 0.137. The highest BCUT2D eigenvalue weighted by atomic mass is 16.5. The summed E-state index contributed by atoms with van der Waals surface area (Å²) in [4.78, 5) is 4.29. The molecule has 0 aliphatic carbocycles. The van der Waals surface area contributed by atoms with Crippen LogP contribution in [-0.4, -0.2) is 30.3 Å². The van der Waals surface area contributed by atoms with Crippen molar-refractivity contribution in [1.82, 2.24) is 4.98 Å². The van der Waals surface area contributed by atoms with Gasteiger partial charge in [-0.2, -0.15) is 0 Å². The summed E-state index contributed by atoms with van der Waals surface area (Å²) >= 11 is 0. The summed E-state index contributed by atoms with van der Waals surface area (Å²) in [6.07, 6.45) is 5.18. The van der Waals surface area contributed by atoms with Crippen molar-refractivity contribution in [2.24, 2.45) is 0 Å². The predicted molar refractivity (Wildman–Crippen MR) is 72.1 cm³/mol. The normalized spacial score (nSPS) is 20.5. The maximum absolute atomic E-state index is 5.71. The minimum atomic E-state index is 0.137. The Morgan fingerprint density at radius 3 is 3.11 bits per heavy atom. The summed E-state index contributed by atoms with van der Waals surface area (Å²) in [6.45, 7) is 5.73. The van der Waals surface area contributed by atoms with Gasteiger partial charge < -0.3 is 14.8 Å². The van der Waals surface area contributed by atoms with Crippen molar-refractivity contribution in [1.29, 1.82) is 0 Å². The first kappa shape index (κ1) is 13.1. The van der Waals surface area contributed by atoms with E-state index in [9.17, 15) is 0 Å². The zero-order chi connectivity index (χ0) is 12.8. The minimum Gasteiger partial charge on any atom is -0.473 e. The van der Waals surface area contributed by atoms with Gasteiger partial charge >= 0.3 is 0 Å². The summed E-state index contributed by atoms with van der Waals surface area (Å²) in [5.74, 6) is 0.692. The molecule has 4 heteroatoms. The lowest BCUT2D eigenvalue weighted by atomic mass is 10.1. The fourth-order valence-corrected chi connectivity index (χ4v) is 2.09. The van der Waals surface area contributed by atoms with Crippen LogP contribution in [0.25, 0.3) is 0 Å². The van der Waals surface area contributed by atoms with Gasteiger partial charge in [-0.05, 0) is 45.2 Å². The Labute approximate surface area is 109 Å². The molecule has 100 valence electrons. The molecular weight excluding hydrogens is 228 g/mol. The van der Waals surface area contributed by atoms with Gasteiger partial charge in [0.05, 0.1) is 11.8 Å². The quantitative estimate of drug-likeness (QED) is 0.892. The van der Waals surface area contributed by atoms with E-state index in [-0.39, 0.29) is 6.10 Å². The molecule has 4 nitrogen and oxygen atoms in total. The molecule has 1 aliphatic rings. The second kappa shape index (κ2) is 6.59. The van der Waals surface area contributed by atoms with E-state index >= 15 is 0 Å². The maximum Gasteiger partial charge on any atom is 0.237 e. The number of hydrogen-bond donors (Lipinski definition) is 1. The van der Waals surface area contributed by atoms with Crippen molar-refractivity contribution in [3.05, 3.63) is 18.3 Å². The fraction of sp³-hybridized carbons (Fsp3) is 0.643. The van der Waals surface area contributed by atoms with Crippen molar-refractivity contribution in [2.45, 2.75) is 45.3 Å². The van der Waals surface area contributed by atoms with Gasteiger partial charge in [-0.15, -0.1) is 0 Å². The Balaban J connectivity index is 2.02. The highest BCUT2D eigenvalue weighted by Crippen LogP contribution is 2.24. The van der Waals surface area contributed by atoms with E-state index < -0.39 is 0 Å². The van der Waals surface area contributed by atoms with Crippen LogP contribution in [0.4, 0.5) is 5.69 Å². The Morgan fingerprint density at radius 2 is 2.28 bits per heavy atom. The molecule has 1 fully saturated rings. The number of pyridine rings is 1. The van der Waals surface area contributed by atoms with Crippen LogP contribution in [-0.2, 0) is 4.74 Å². The number of hydrogen-bond acceptors (Lipinski definition) is 4. The largest absolute Gasteiger partial charge is 0.473 e. The van der Waals surface area contributed by atoms with Gasteiger partial charge in [-0.1, -0.05) is 0 Å². The van der Waals surface area contributed by atoms with E-state index in [4.69, 9.17) is 9.47 Å². The van der Waals surface area contributed by atoms with Crippen LogP contribution in [0.15, 0.2) is 18.3 Å². The summed E-state index contributed by atoms with van der Waals surface area (Å²) < 4.78 is 11.2. The number of ether oxygens (including phenoxy) is 2. The van der Waals surface area contributed by atoms with E-state index in [1.165, 1.54) is 0 Å². The number of anilines is 1. The standard InChI is InChI=1S/C14H22N2O2/c1-11(2)18-14-13(6-3-8-15-14)16-12-5-4-9-17-10-7-12/h3,6,8,11-12,16H,4-5,7,9-10H2,1-2H3. The molecule has 0 bridgehead atoms. The van der Waals surface area contributed by atoms with E-state index in [1.54, 1.807) is 6.20 Å². The van der Waals surface area contributed by atoms with Gasteiger partial charge in [0.1, 0.15) is 0 Å². The molecule has 1 aromatic rings. The lowest BCUT2D eigenvalue weighted by Gasteiger charge is -2.19. The van der Waals surface area contributed by atoms with Crippen molar-refractivity contribution in [3.63, 3.8) is 0 Å². The monoisotopic (exact) mass is 250 g/mol. The van der Waals surface area contributed by atoms with Gasteiger partial charge in [0.2, 0.25) is 5.88 Å². The van der Waals surface area contributed by atoms with E-state index in [0.717, 1.165) is 38.2 Å². The summed E-state index contributed by atoms with van der Waals surface area (Å²) in [7, 11) is 0. The Morgan fingerprint density at radius 1 is 1.39 bits per heavy atom. The van der Waals surface area contributed by atoms with Crippen LogP contribution in [0.3, 0.4) is 0 Å². The third-order valence-corrected chi connectivity index (χ3v) is 2.93. The van der Waals surface area contributed by atoms with Crippen molar-refractivity contribution >= 4 is 5.69 Å². The maximum atomic E-state index is 5.71. The molecule has 1 atom stereocenters. The Hall–Kier alpha value is -1.29. The zero-order valence-electron chi connectivity index (χ0n) is 11.2. The summed E-state index contributed by atoms with van der Waals surface area (Å²) in [6, 6.07) is 4.41. The first-order valence-corrected chi connectivity index (χ1v) is 6.71. The lowest BCUT2D eigenvalue weighted by Crippen LogP contribution is -2.21. The number of nitrogens with zero attached hydrogens (tertiary/aromatic N) is 1.